The van der Waals surface area contributed by atoms with Gasteiger partial charge in [0.2, 0.25) is 0 Å². The molecule has 1 aliphatic heterocycles. The Kier molecular flexibility index (Phi) is 5.25. The monoisotopic (exact) mass is 285 g/mol. The van der Waals surface area contributed by atoms with E-state index in [-0.39, 0.29) is 0 Å². The number of rotatable bonds is 4. The first-order chi connectivity index (χ1) is 10.0. The van der Waals surface area contributed by atoms with Crippen LogP contribution in [0.4, 0.5) is 5.69 Å². The first-order valence-corrected chi connectivity index (χ1v) is 8.06. The first-order valence-electron chi connectivity index (χ1n) is 8.06. The van der Waals surface area contributed by atoms with Crippen LogP contribution in [0.25, 0.3) is 0 Å². The lowest BCUT2D eigenvalue weighted by molar-refractivity contribution is 0.363. The topological polar surface area (TPSA) is 39.1 Å². The van der Waals surface area contributed by atoms with Crippen LogP contribution in [0.5, 0.6) is 0 Å². The summed E-state index contributed by atoms with van der Waals surface area (Å²) in [6.45, 7) is 10.7. The van der Waals surface area contributed by atoms with E-state index in [1.54, 1.807) is 0 Å². The second-order valence-electron chi connectivity index (χ2n) is 6.55. The van der Waals surface area contributed by atoms with E-state index in [1.807, 2.05) is 6.07 Å². The highest BCUT2D eigenvalue weighted by Gasteiger charge is 2.26. The molecule has 2 unspecified atom stereocenters. The smallest absolute Gasteiger partial charge is 0.101 e. The predicted octanol–water partition coefficient (Wildman–Crippen LogP) is 3.68. The molecular weight excluding hydrogens is 258 g/mol. The van der Waals surface area contributed by atoms with Crippen LogP contribution in [0.1, 0.15) is 51.7 Å². The molecule has 0 radical (unpaired) electrons. The molecule has 0 aromatic heterocycles. The standard InChI is InChI=1S/C18H27N3/c1-13(2)20-12-16-7-8-18(17(10-16)11-19)21-9-5-6-14(3)15(21)4/h7-8,10,13-15,20H,5-6,9,12H2,1-4H3. The van der Waals surface area contributed by atoms with Crippen LogP contribution in [0, 0.1) is 17.2 Å². The Bertz CT molecular complexity index is 516. The van der Waals surface area contributed by atoms with Crippen molar-refractivity contribution >= 4 is 5.69 Å². The van der Waals surface area contributed by atoms with Crippen LogP contribution in [0.3, 0.4) is 0 Å². The molecular formula is C18H27N3. The highest BCUT2D eigenvalue weighted by atomic mass is 15.2. The minimum atomic E-state index is 0.457. The van der Waals surface area contributed by atoms with Gasteiger partial charge in [-0.2, -0.15) is 5.26 Å². The molecule has 0 saturated carbocycles. The maximum Gasteiger partial charge on any atom is 0.101 e. The highest BCUT2D eigenvalue weighted by Crippen LogP contribution is 2.31. The molecule has 1 aromatic carbocycles. The second kappa shape index (κ2) is 6.95. The maximum atomic E-state index is 9.51. The average Bonchev–Trinajstić information content (AvgIpc) is 2.48. The fraction of sp³-hybridized carbons (Fsp3) is 0.611. The summed E-state index contributed by atoms with van der Waals surface area (Å²) in [6, 6.07) is 9.67. The van der Waals surface area contributed by atoms with Crippen molar-refractivity contribution in [2.75, 3.05) is 11.4 Å². The lowest BCUT2D eigenvalue weighted by atomic mass is 9.91. The zero-order valence-electron chi connectivity index (χ0n) is 13.7. The van der Waals surface area contributed by atoms with Crippen molar-refractivity contribution in [2.24, 2.45) is 5.92 Å². The van der Waals surface area contributed by atoms with Gasteiger partial charge in [0.05, 0.1) is 11.3 Å². The van der Waals surface area contributed by atoms with E-state index in [0.29, 0.717) is 18.0 Å². The fourth-order valence-corrected chi connectivity index (χ4v) is 3.03. The quantitative estimate of drug-likeness (QED) is 0.917. The Labute approximate surface area is 129 Å². The number of benzene rings is 1. The zero-order chi connectivity index (χ0) is 15.4. The lowest BCUT2D eigenvalue weighted by Gasteiger charge is -2.40. The number of hydrogen-bond donors (Lipinski definition) is 1. The molecule has 0 spiro atoms. The molecule has 1 saturated heterocycles. The summed E-state index contributed by atoms with van der Waals surface area (Å²) < 4.78 is 0. The van der Waals surface area contributed by atoms with Crippen LogP contribution < -0.4 is 10.2 Å². The van der Waals surface area contributed by atoms with Gasteiger partial charge in [0.15, 0.2) is 0 Å². The van der Waals surface area contributed by atoms with E-state index < -0.39 is 0 Å². The Balaban J connectivity index is 2.22. The molecule has 3 nitrogen and oxygen atoms in total. The molecule has 114 valence electrons. The number of hydrogen-bond acceptors (Lipinski definition) is 3. The van der Waals surface area contributed by atoms with Crippen molar-refractivity contribution in [1.29, 1.82) is 5.26 Å². The van der Waals surface area contributed by atoms with Crippen molar-refractivity contribution in [3.8, 4) is 6.07 Å². The lowest BCUT2D eigenvalue weighted by Crippen LogP contribution is -2.42. The molecule has 3 heteroatoms. The molecule has 21 heavy (non-hydrogen) atoms. The zero-order valence-corrected chi connectivity index (χ0v) is 13.7. The summed E-state index contributed by atoms with van der Waals surface area (Å²) in [7, 11) is 0. The Hall–Kier alpha value is -1.53. The van der Waals surface area contributed by atoms with Gasteiger partial charge in [-0.15, -0.1) is 0 Å². The van der Waals surface area contributed by atoms with Crippen LogP contribution in [0.15, 0.2) is 18.2 Å². The predicted molar refractivity (Wildman–Crippen MR) is 88.3 cm³/mol. The Morgan fingerprint density at radius 3 is 2.81 bits per heavy atom. The van der Waals surface area contributed by atoms with E-state index in [0.717, 1.165) is 24.3 Å². The molecule has 0 aliphatic carbocycles. The number of anilines is 1. The molecule has 1 N–H and O–H groups in total. The van der Waals surface area contributed by atoms with E-state index in [9.17, 15) is 5.26 Å². The molecule has 1 aromatic rings. The Morgan fingerprint density at radius 1 is 1.38 bits per heavy atom. The van der Waals surface area contributed by atoms with Gasteiger partial charge in [-0.1, -0.05) is 26.8 Å². The third-order valence-corrected chi connectivity index (χ3v) is 4.58. The van der Waals surface area contributed by atoms with Gasteiger partial charge in [-0.3, -0.25) is 0 Å². The summed E-state index contributed by atoms with van der Waals surface area (Å²) in [6.07, 6.45) is 2.50. The number of nitriles is 1. The van der Waals surface area contributed by atoms with E-state index in [4.69, 9.17) is 0 Å². The van der Waals surface area contributed by atoms with Gasteiger partial charge in [-0.05, 0) is 43.4 Å². The van der Waals surface area contributed by atoms with Crippen molar-refractivity contribution in [1.82, 2.24) is 5.32 Å². The third-order valence-electron chi connectivity index (χ3n) is 4.58. The summed E-state index contributed by atoms with van der Waals surface area (Å²) >= 11 is 0. The van der Waals surface area contributed by atoms with Crippen LogP contribution in [0.2, 0.25) is 0 Å². The van der Waals surface area contributed by atoms with Gasteiger partial charge in [0, 0.05) is 25.2 Å². The molecule has 1 heterocycles. The average molecular weight is 285 g/mol. The van der Waals surface area contributed by atoms with Crippen molar-refractivity contribution in [2.45, 2.75) is 59.2 Å². The van der Waals surface area contributed by atoms with Gasteiger partial charge >= 0.3 is 0 Å². The number of nitrogens with zero attached hydrogens (tertiary/aromatic N) is 2. The van der Waals surface area contributed by atoms with Crippen LogP contribution >= 0.6 is 0 Å². The van der Waals surface area contributed by atoms with E-state index in [2.05, 4.69) is 56.1 Å². The van der Waals surface area contributed by atoms with Crippen LogP contribution in [-0.4, -0.2) is 18.6 Å². The highest BCUT2D eigenvalue weighted by molar-refractivity contribution is 5.61. The normalized spacial score (nSPS) is 22.4. The number of piperidine rings is 1. The molecule has 0 amide bonds. The molecule has 2 atom stereocenters. The fourth-order valence-electron chi connectivity index (χ4n) is 3.03. The molecule has 0 bridgehead atoms. The van der Waals surface area contributed by atoms with Gasteiger partial charge in [-0.25, -0.2) is 0 Å². The summed E-state index contributed by atoms with van der Waals surface area (Å²) in [5.41, 5.74) is 3.09. The van der Waals surface area contributed by atoms with E-state index >= 15 is 0 Å². The first kappa shape index (κ1) is 15.9. The summed E-state index contributed by atoms with van der Waals surface area (Å²) in [5.74, 6) is 0.688. The molecule has 1 aliphatic rings. The summed E-state index contributed by atoms with van der Waals surface area (Å²) in [4.78, 5) is 2.41. The molecule has 2 rings (SSSR count). The SMILES string of the molecule is CC(C)NCc1ccc(N2CCCC(C)C2C)c(C#N)c1. The minimum absolute atomic E-state index is 0.457. The summed E-state index contributed by atoms with van der Waals surface area (Å²) in [5, 5.41) is 12.9. The van der Waals surface area contributed by atoms with Crippen molar-refractivity contribution in [3.63, 3.8) is 0 Å². The largest absolute Gasteiger partial charge is 0.367 e. The van der Waals surface area contributed by atoms with Gasteiger partial charge in [0.1, 0.15) is 6.07 Å². The molecule has 1 fully saturated rings. The van der Waals surface area contributed by atoms with E-state index in [1.165, 1.54) is 18.4 Å². The maximum absolute atomic E-state index is 9.51. The minimum Gasteiger partial charge on any atom is -0.367 e. The van der Waals surface area contributed by atoms with Gasteiger partial charge in [0.25, 0.3) is 0 Å². The number of nitrogens with one attached hydrogen (secondary N) is 1. The second-order valence-corrected chi connectivity index (χ2v) is 6.55. The van der Waals surface area contributed by atoms with Crippen LogP contribution in [-0.2, 0) is 6.54 Å². The van der Waals surface area contributed by atoms with Crippen molar-refractivity contribution < 1.29 is 0 Å². The third kappa shape index (κ3) is 3.77. The van der Waals surface area contributed by atoms with Gasteiger partial charge < -0.3 is 10.2 Å². The Morgan fingerprint density at radius 2 is 2.14 bits per heavy atom. The van der Waals surface area contributed by atoms with Crippen molar-refractivity contribution in [3.05, 3.63) is 29.3 Å².